The lowest BCUT2D eigenvalue weighted by atomic mass is 9.93. The Kier molecular flexibility index (Phi) is 5.42. The van der Waals surface area contributed by atoms with Crippen molar-refractivity contribution in [3.8, 4) is 11.3 Å². The molecule has 0 bridgehead atoms. The summed E-state index contributed by atoms with van der Waals surface area (Å²) in [7, 11) is 0. The molecule has 1 aliphatic rings. The molecular formula is C27H24FN3O2. The molecular weight excluding hydrogens is 417 g/mol. The molecule has 4 aromatic rings. The SMILES string of the molecule is NC(=O)C1Cc2ccccc2CN1C(=O)CCc1c(-c2ccc(F)cc2)[nH]c2ccccc12. The molecule has 3 aromatic carbocycles. The van der Waals surface area contributed by atoms with Crippen LogP contribution >= 0.6 is 0 Å². The van der Waals surface area contributed by atoms with Crippen LogP contribution in [0.25, 0.3) is 22.2 Å². The van der Waals surface area contributed by atoms with Gasteiger partial charge in [0.05, 0.1) is 0 Å². The third kappa shape index (κ3) is 4.00. The summed E-state index contributed by atoms with van der Waals surface area (Å²) < 4.78 is 13.5. The number of halogens is 1. The van der Waals surface area contributed by atoms with Gasteiger partial charge in [-0.05, 0) is 59.0 Å². The Morgan fingerprint density at radius 3 is 2.42 bits per heavy atom. The van der Waals surface area contributed by atoms with Crippen LogP contribution in [-0.2, 0) is 29.0 Å². The lowest BCUT2D eigenvalue weighted by Gasteiger charge is -2.35. The minimum absolute atomic E-state index is 0.108. The quantitative estimate of drug-likeness (QED) is 0.483. The molecule has 1 aromatic heterocycles. The molecule has 6 heteroatoms. The van der Waals surface area contributed by atoms with Crippen LogP contribution in [-0.4, -0.2) is 27.7 Å². The van der Waals surface area contributed by atoms with Crippen LogP contribution < -0.4 is 5.73 Å². The molecule has 2 amide bonds. The second-order valence-electron chi connectivity index (χ2n) is 8.44. The number of hydrogen-bond donors (Lipinski definition) is 2. The zero-order valence-corrected chi connectivity index (χ0v) is 18.1. The molecule has 0 aliphatic carbocycles. The summed E-state index contributed by atoms with van der Waals surface area (Å²) in [6.07, 6.45) is 1.16. The van der Waals surface area contributed by atoms with Gasteiger partial charge in [-0.2, -0.15) is 0 Å². The van der Waals surface area contributed by atoms with Crippen LogP contribution in [0.2, 0.25) is 0 Å². The van der Waals surface area contributed by atoms with Gasteiger partial charge in [-0.3, -0.25) is 9.59 Å². The number of para-hydroxylation sites is 1. The van der Waals surface area contributed by atoms with Gasteiger partial charge in [-0.25, -0.2) is 4.39 Å². The molecule has 0 saturated carbocycles. The van der Waals surface area contributed by atoms with E-state index in [-0.39, 0.29) is 18.1 Å². The fraction of sp³-hybridized carbons (Fsp3) is 0.185. The Balaban J connectivity index is 1.44. The number of carbonyl (C=O) groups excluding carboxylic acids is 2. The number of nitrogens with two attached hydrogens (primary N) is 1. The first-order chi connectivity index (χ1) is 16.0. The standard InChI is InChI=1S/C27H24FN3O2/c28-20-11-9-17(10-12-20)26-22(21-7-3-4-8-23(21)30-26)13-14-25(32)31-16-19-6-2-1-5-18(19)15-24(31)27(29)33/h1-12,24,30H,13-16H2,(H2,29,33). The number of nitrogens with zero attached hydrogens (tertiary/aromatic N) is 1. The first-order valence-electron chi connectivity index (χ1n) is 11.0. The number of benzene rings is 3. The lowest BCUT2D eigenvalue weighted by molar-refractivity contribution is -0.140. The highest BCUT2D eigenvalue weighted by Gasteiger charge is 2.33. The van der Waals surface area contributed by atoms with Gasteiger partial charge in [0.1, 0.15) is 11.9 Å². The Morgan fingerprint density at radius 1 is 0.970 bits per heavy atom. The van der Waals surface area contributed by atoms with Crippen molar-refractivity contribution in [2.45, 2.75) is 31.8 Å². The average molecular weight is 442 g/mol. The Labute approximate surface area is 191 Å². The van der Waals surface area contributed by atoms with Crippen LogP contribution in [0, 0.1) is 5.82 Å². The number of amides is 2. The predicted octanol–water partition coefficient (Wildman–Crippen LogP) is 4.35. The van der Waals surface area contributed by atoms with E-state index < -0.39 is 11.9 Å². The Hall–Kier alpha value is -3.93. The molecule has 33 heavy (non-hydrogen) atoms. The van der Waals surface area contributed by atoms with E-state index in [0.29, 0.717) is 19.4 Å². The largest absolute Gasteiger partial charge is 0.368 e. The van der Waals surface area contributed by atoms with Gasteiger partial charge in [-0.1, -0.05) is 42.5 Å². The molecule has 0 saturated heterocycles. The highest BCUT2D eigenvalue weighted by molar-refractivity contribution is 5.92. The molecule has 3 N–H and O–H groups in total. The monoisotopic (exact) mass is 441 g/mol. The highest BCUT2D eigenvalue weighted by Crippen LogP contribution is 2.32. The molecule has 5 nitrogen and oxygen atoms in total. The number of aromatic nitrogens is 1. The van der Waals surface area contributed by atoms with E-state index in [0.717, 1.165) is 38.9 Å². The van der Waals surface area contributed by atoms with E-state index >= 15 is 0 Å². The second-order valence-corrected chi connectivity index (χ2v) is 8.44. The van der Waals surface area contributed by atoms with Gasteiger partial charge in [0.25, 0.3) is 0 Å². The molecule has 166 valence electrons. The van der Waals surface area contributed by atoms with E-state index in [1.165, 1.54) is 12.1 Å². The number of fused-ring (bicyclic) bond motifs is 2. The maximum absolute atomic E-state index is 13.5. The van der Waals surface area contributed by atoms with Crippen LogP contribution in [0.15, 0.2) is 72.8 Å². The number of H-pyrrole nitrogens is 1. The molecule has 0 fully saturated rings. The van der Waals surface area contributed by atoms with Crippen LogP contribution in [0.4, 0.5) is 4.39 Å². The zero-order chi connectivity index (χ0) is 22.9. The van der Waals surface area contributed by atoms with Crippen molar-refractivity contribution in [3.63, 3.8) is 0 Å². The van der Waals surface area contributed by atoms with E-state index in [1.807, 2.05) is 48.5 Å². The van der Waals surface area contributed by atoms with Gasteiger partial charge < -0.3 is 15.6 Å². The maximum Gasteiger partial charge on any atom is 0.240 e. The van der Waals surface area contributed by atoms with Crippen molar-refractivity contribution in [2.24, 2.45) is 5.73 Å². The summed E-state index contributed by atoms with van der Waals surface area (Å²) in [6.45, 7) is 0.376. The van der Waals surface area contributed by atoms with Crippen molar-refractivity contribution >= 4 is 22.7 Å². The normalized spacial score (nSPS) is 15.4. The van der Waals surface area contributed by atoms with Crippen LogP contribution in [0.3, 0.4) is 0 Å². The van der Waals surface area contributed by atoms with Crippen LogP contribution in [0.1, 0.15) is 23.1 Å². The molecule has 0 radical (unpaired) electrons. The zero-order valence-electron chi connectivity index (χ0n) is 18.1. The minimum atomic E-state index is -0.646. The number of primary amides is 1. The fourth-order valence-corrected chi connectivity index (χ4v) is 4.74. The molecule has 1 aliphatic heterocycles. The highest BCUT2D eigenvalue weighted by atomic mass is 19.1. The number of nitrogens with one attached hydrogen (secondary N) is 1. The van der Waals surface area contributed by atoms with Crippen molar-refractivity contribution in [1.29, 1.82) is 0 Å². The minimum Gasteiger partial charge on any atom is -0.368 e. The number of carbonyl (C=O) groups is 2. The summed E-state index contributed by atoms with van der Waals surface area (Å²) in [6, 6.07) is 21.4. The van der Waals surface area contributed by atoms with Crippen molar-refractivity contribution in [1.82, 2.24) is 9.88 Å². The molecule has 1 atom stereocenters. The van der Waals surface area contributed by atoms with Gasteiger partial charge in [-0.15, -0.1) is 0 Å². The van der Waals surface area contributed by atoms with Crippen LogP contribution in [0.5, 0.6) is 0 Å². The fourth-order valence-electron chi connectivity index (χ4n) is 4.74. The Morgan fingerprint density at radius 2 is 1.67 bits per heavy atom. The van der Waals surface area contributed by atoms with E-state index in [2.05, 4.69) is 4.98 Å². The van der Waals surface area contributed by atoms with Crippen molar-refractivity contribution < 1.29 is 14.0 Å². The summed E-state index contributed by atoms with van der Waals surface area (Å²) >= 11 is 0. The average Bonchev–Trinajstić information content (AvgIpc) is 3.20. The molecule has 5 rings (SSSR count). The van der Waals surface area contributed by atoms with E-state index in [1.54, 1.807) is 17.0 Å². The van der Waals surface area contributed by atoms with Gasteiger partial charge in [0.15, 0.2) is 0 Å². The van der Waals surface area contributed by atoms with E-state index in [4.69, 9.17) is 5.73 Å². The van der Waals surface area contributed by atoms with Crippen molar-refractivity contribution in [3.05, 3.63) is 95.3 Å². The van der Waals surface area contributed by atoms with Gasteiger partial charge in [0.2, 0.25) is 11.8 Å². The summed E-state index contributed by atoms with van der Waals surface area (Å²) in [5.41, 5.74) is 11.5. The third-order valence-corrected chi connectivity index (χ3v) is 6.43. The smallest absolute Gasteiger partial charge is 0.240 e. The second kappa shape index (κ2) is 8.54. The third-order valence-electron chi connectivity index (χ3n) is 6.43. The summed E-state index contributed by atoms with van der Waals surface area (Å²) in [5, 5.41) is 1.03. The van der Waals surface area contributed by atoms with E-state index in [9.17, 15) is 14.0 Å². The van der Waals surface area contributed by atoms with Crippen molar-refractivity contribution in [2.75, 3.05) is 0 Å². The number of rotatable bonds is 5. The number of aryl methyl sites for hydroxylation is 1. The first-order valence-corrected chi connectivity index (χ1v) is 11.0. The molecule has 1 unspecified atom stereocenters. The predicted molar refractivity (Wildman–Crippen MR) is 126 cm³/mol. The topological polar surface area (TPSA) is 79.2 Å². The lowest BCUT2D eigenvalue weighted by Crippen LogP contribution is -2.51. The summed E-state index contributed by atoms with van der Waals surface area (Å²) in [5.74, 6) is -0.893. The maximum atomic E-state index is 13.5. The number of aromatic amines is 1. The van der Waals surface area contributed by atoms with Gasteiger partial charge in [0, 0.05) is 36.0 Å². The Bertz CT molecular complexity index is 1340. The van der Waals surface area contributed by atoms with Gasteiger partial charge >= 0.3 is 0 Å². The molecule has 2 heterocycles. The molecule has 0 spiro atoms. The first kappa shape index (κ1) is 20.9. The summed E-state index contributed by atoms with van der Waals surface area (Å²) in [4.78, 5) is 30.5. The number of hydrogen-bond acceptors (Lipinski definition) is 2.